The fraction of sp³-hybridized carbons (Fsp3) is 0.406. The first kappa shape index (κ1) is 30.6. The number of nitrogens with one attached hydrogen (secondary N) is 2. The Kier molecular flexibility index (Phi) is 9.58. The number of carbonyl (C=O) groups excluding carboxylic acids is 3. The fourth-order valence-electron chi connectivity index (χ4n) is 4.39. The molecule has 0 saturated carbocycles. The van der Waals surface area contributed by atoms with Crippen LogP contribution in [-0.4, -0.2) is 51.7 Å². The lowest BCUT2D eigenvalue weighted by Gasteiger charge is -2.44. The lowest BCUT2D eigenvalue weighted by molar-refractivity contribution is -0.148. The summed E-state index contributed by atoms with van der Waals surface area (Å²) in [6, 6.07) is 18.5. The maximum atomic E-state index is 14.1. The Balaban J connectivity index is 2.05. The van der Waals surface area contributed by atoms with E-state index in [0.717, 1.165) is 16.3 Å². The van der Waals surface area contributed by atoms with E-state index in [4.69, 9.17) is 4.74 Å². The highest BCUT2D eigenvalue weighted by atomic mass is 16.6. The number of carbonyl (C=O) groups is 3. The van der Waals surface area contributed by atoms with Crippen LogP contribution in [-0.2, 0) is 14.3 Å². The maximum absolute atomic E-state index is 14.1. The van der Waals surface area contributed by atoms with Gasteiger partial charge in [-0.05, 0) is 76.4 Å². The number of nitrogens with zero attached hydrogens (tertiary/aromatic N) is 1. The Hall–Kier alpha value is -3.91. The van der Waals surface area contributed by atoms with E-state index in [0.29, 0.717) is 17.7 Å². The number of aliphatic hydroxyl groups excluding tert-OH is 1. The quantitative estimate of drug-likeness (QED) is 0.317. The predicted molar refractivity (Wildman–Crippen MR) is 158 cm³/mol. The number of amides is 3. The van der Waals surface area contributed by atoms with E-state index in [-0.39, 0.29) is 0 Å². The van der Waals surface area contributed by atoms with Crippen LogP contribution in [0.2, 0.25) is 0 Å². The average Bonchev–Trinajstić information content (AvgIpc) is 2.89. The van der Waals surface area contributed by atoms with Gasteiger partial charge in [-0.2, -0.15) is 0 Å². The molecule has 0 aliphatic carbocycles. The van der Waals surface area contributed by atoms with Crippen LogP contribution in [0, 0.1) is 6.92 Å². The minimum Gasteiger partial charge on any atom is -0.444 e. The van der Waals surface area contributed by atoms with Gasteiger partial charge in [-0.3, -0.25) is 9.59 Å². The highest BCUT2D eigenvalue weighted by molar-refractivity contribution is 6.00. The van der Waals surface area contributed by atoms with Crippen molar-refractivity contribution in [1.29, 1.82) is 0 Å². The molecule has 3 amide bonds. The van der Waals surface area contributed by atoms with Gasteiger partial charge >= 0.3 is 6.09 Å². The van der Waals surface area contributed by atoms with Crippen LogP contribution in [0.4, 0.5) is 10.5 Å². The van der Waals surface area contributed by atoms with Crippen molar-refractivity contribution in [1.82, 2.24) is 10.2 Å². The van der Waals surface area contributed by atoms with E-state index >= 15 is 0 Å². The molecule has 0 spiro atoms. The lowest BCUT2D eigenvalue weighted by Crippen LogP contribution is -2.59. The zero-order chi connectivity index (χ0) is 29.7. The Morgan fingerprint density at radius 3 is 2.12 bits per heavy atom. The van der Waals surface area contributed by atoms with Crippen LogP contribution in [0.3, 0.4) is 0 Å². The van der Waals surface area contributed by atoms with Gasteiger partial charge in [0.25, 0.3) is 5.91 Å². The number of ether oxygens (including phenoxy) is 1. The molecule has 40 heavy (non-hydrogen) atoms. The summed E-state index contributed by atoms with van der Waals surface area (Å²) in [6.45, 7) is 12.0. The Morgan fingerprint density at radius 2 is 1.55 bits per heavy atom. The van der Waals surface area contributed by atoms with Gasteiger partial charge in [0, 0.05) is 11.2 Å². The van der Waals surface area contributed by atoms with E-state index in [2.05, 4.69) is 10.6 Å². The van der Waals surface area contributed by atoms with Crippen molar-refractivity contribution in [2.75, 3.05) is 11.9 Å². The highest BCUT2D eigenvalue weighted by Gasteiger charge is 2.43. The standard InChI is InChI=1S/C32H41N3O5/c1-8-32(6,7)35(29(38)26(20-36)34-30(39)40-31(3,4)5)27(23-15-13-21(2)14-16-23)28(37)33-25-18-17-22-11-9-10-12-24(22)19-25/h9-19,26-27,36H,8,20H2,1-7H3,(H,33,37)(H,34,39). The second kappa shape index (κ2) is 12.5. The normalized spacial score (nSPS) is 13.3. The molecule has 0 aliphatic rings. The summed E-state index contributed by atoms with van der Waals surface area (Å²) in [5.74, 6) is -1.01. The second-order valence-electron chi connectivity index (χ2n) is 11.6. The van der Waals surface area contributed by atoms with Crippen molar-refractivity contribution in [2.45, 2.75) is 78.1 Å². The highest BCUT2D eigenvalue weighted by Crippen LogP contribution is 2.33. The smallest absolute Gasteiger partial charge is 0.408 e. The van der Waals surface area contributed by atoms with Gasteiger partial charge < -0.3 is 25.4 Å². The summed E-state index contributed by atoms with van der Waals surface area (Å²) in [7, 11) is 0. The van der Waals surface area contributed by atoms with E-state index < -0.39 is 47.7 Å². The zero-order valence-corrected chi connectivity index (χ0v) is 24.4. The van der Waals surface area contributed by atoms with Crippen LogP contribution >= 0.6 is 0 Å². The monoisotopic (exact) mass is 547 g/mol. The molecule has 0 saturated heterocycles. The van der Waals surface area contributed by atoms with E-state index in [1.807, 2.05) is 94.4 Å². The number of aryl methyl sites for hydroxylation is 1. The maximum Gasteiger partial charge on any atom is 0.408 e. The minimum atomic E-state index is -1.32. The van der Waals surface area contributed by atoms with Gasteiger partial charge in [0.05, 0.1) is 6.61 Å². The molecule has 3 N–H and O–H groups in total. The first-order valence-electron chi connectivity index (χ1n) is 13.6. The minimum absolute atomic E-state index is 0.414. The molecule has 0 fully saturated rings. The molecular weight excluding hydrogens is 506 g/mol. The van der Waals surface area contributed by atoms with Crippen LogP contribution in [0.25, 0.3) is 10.8 Å². The molecular formula is C32H41N3O5. The van der Waals surface area contributed by atoms with E-state index in [1.165, 1.54) is 4.90 Å². The third-order valence-electron chi connectivity index (χ3n) is 6.84. The molecule has 8 heteroatoms. The van der Waals surface area contributed by atoms with Crippen LogP contribution in [0.15, 0.2) is 66.7 Å². The van der Waals surface area contributed by atoms with Gasteiger partial charge in [-0.15, -0.1) is 0 Å². The number of aliphatic hydroxyl groups is 1. The molecule has 0 radical (unpaired) electrons. The summed E-state index contributed by atoms with van der Waals surface area (Å²) in [6.07, 6.45) is -0.323. The van der Waals surface area contributed by atoms with Crippen LogP contribution < -0.4 is 10.6 Å². The number of anilines is 1. The molecule has 0 aromatic heterocycles. The molecule has 3 aromatic rings. The topological polar surface area (TPSA) is 108 Å². The molecule has 2 unspecified atom stereocenters. The molecule has 2 atom stereocenters. The Morgan fingerprint density at radius 1 is 0.925 bits per heavy atom. The summed E-state index contributed by atoms with van der Waals surface area (Å²) in [5, 5.41) is 17.7. The number of hydrogen-bond donors (Lipinski definition) is 3. The van der Waals surface area contributed by atoms with Gasteiger partial charge in [0.1, 0.15) is 17.7 Å². The molecule has 0 aliphatic heterocycles. The van der Waals surface area contributed by atoms with Crippen molar-refractivity contribution in [3.05, 3.63) is 77.9 Å². The third-order valence-corrected chi connectivity index (χ3v) is 6.84. The summed E-state index contributed by atoms with van der Waals surface area (Å²) < 4.78 is 5.32. The van der Waals surface area contributed by atoms with Crippen molar-refractivity contribution in [3.63, 3.8) is 0 Å². The molecule has 3 rings (SSSR count). The Bertz CT molecular complexity index is 1340. The second-order valence-corrected chi connectivity index (χ2v) is 11.6. The van der Waals surface area contributed by atoms with E-state index in [1.54, 1.807) is 20.8 Å². The first-order chi connectivity index (χ1) is 18.8. The molecule has 8 nitrogen and oxygen atoms in total. The van der Waals surface area contributed by atoms with Crippen molar-refractivity contribution >= 4 is 34.4 Å². The predicted octanol–water partition coefficient (Wildman–Crippen LogP) is 5.73. The third kappa shape index (κ3) is 7.60. The number of fused-ring (bicyclic) bond motifs is 1. The van der Waals surface area contributed by atoms with Crippen LogP contribution in [0.1, 0.15) is 65.1 Å². The SMILES string of the molecule is CCC(C)(C)N(C(=O)C(CO)NC(=O)OC(C)(C)C)C(C(=O)Nc1ccc2ccccc2c1)c1ccc(C)cc1. The largest absolute Gasteiger partial charge is 0.444 e. The molecule has 0 bridgehead atoms. The molecule has 0 heterocycles. The van der Waals surface area contributed by atoms with Crippen molar-refractivity contribution in [3.8, 4) is 0 Å². The van der Waals surface area contributed by atoms with Gasteiger partial charge in [-0.1, -0.05) is 67.1 Å². The lowest BCUT2D eigenvalue weighted by atomic mass is 9.91. The van der Waals surface area contributed by atoms with Crippen molar-refractivity contribution in [2.24, 2.45) is 0 Å². The summed E-state index contributed by atoms with van der Waals surface area (Å²) in [5.41, 5.74) is 0.585. The first-order valence-corrected chi connectivity index (χ1v) is 13.6. The number of rotatable bonds is 9. The van der Waals surface area contributed by atoms with Gasteiger partial charge in [-0.25, -0.2) is 4.79 Å². The summed E-state index contributed by atoms with van der Waals surface area (Å²) in [4.78, 5) is 42.2. The van der Waals surface area contributed by atoms with Gasteiger partial charge in [0.15, 0.2) is 0 Å². The van der Waals surface area contributed by atoms with E-state index in [9.17, 15) is 19.5 Å². The zero-order valence-electron chi connectivity index (χ0n) is 24.4. The average molecular weight is 548 g/mol. The number of benzene rings is 3. The Labute approximate surface area is 236 Å². The van der Waals surface area contributed by atoms with Crippen LogP contribution in [0.5, 0.6) is 0 Å². The molecule has 214 valence electrons. The summed E-state index contributed by atoms with van der Waals surface area (Å²) >= 11 is 0. The fourth-order valence-corrected chi connectivity index (χ4v) is 4.39. The molecule has 3 aromatic carbocycles. The van der Waals surface area contributed by atoms with Crippen molar-refractivity contribution < 1.29 is 24.2 Å². The number of hydrogen-bond acceptors (Lipinski definition) is 5. The van der Waals surface area contributed by atoms with Gasteiger partial charge in [0.2, 0.25) is 5.91 Å². The number of alkyl carbamates (subject to hydrolysis) is 1.